The summed E-state index contributed by atoms with van der Waals surface area (Å²) < 4.78 is 13.8. The zero-order valence-electron chi connectivity index (χ0n) is 12.5. The smallest absolute Gasteiger partial charge is 0.243 e. The minimum absolute atomic E-state index is 0.0370. The van der Waals surface area contributed by atoms with E-state index in [2.05, 4.69) is 36.7 Å². The minimum Gasteiger partial charge on any atom is -0.350 e. The maximum atomic E-state index is 12.8. The molecular weight excluding hydrogens is 377 g/mol. The van der Waals surface area contributed by atoms with E-state index in [9.17, 15) is 9.18 Å². The third-order valence-corrected chi connectivity index (χ3v) is 3.77. The topological polar surface area (TPSA) is 72.7 Å². The lowest BCUT2D eigenvalue weighted by Crippen LogP contribution is -2.28. The number of halogens is 2. The first kappa shape index (κ1) is 16.3. The summed E-state index contributed by atoms with van der Waals surface area (Å²) in [5, 5.41) is 14.7. The minimum atomic E-state index is -0.308. The van der Waals surface area contributed by atoms with Gasteiger partial charge in [0.1, 0.15) is 12.4 Å². The van der Waals surface area contributed by atoms with Crippen molar-refractivity contribution in [3.63, 3.8) is 0 Å². The molecule has 0 aliphatic rings. The van der Waals surface area contributed by atoms with Gasteiger partial charge in [-0.1, -0.05) is 28.1 Å². The highest BCUT2D eigenvalue weighted by Gasteiger charge is 2.09. The van der Waals surface area contributed by atoms with Gasteiger partial charge in [-0.15, -0.1) is 10.2 Å². The molecule has 0 atom stereocenters. The largest absolute Gasteiger partial charge is 0.350 e. The highest BCUT2D eigenvalue weighted by molar-refractivity contribution is 9.10. The molecule has 1 N–H and O–H groups in total. The van der Waals surface area contributed by atoms with Crippen LogP contribution in [0.4, 0.5) is 4.39 Å². The third-order valence-electron chi connectivity index (χ3n) is 3.24. The fourth-order valence-corrected chi connectivity index (χ4v) is 2.28. The molecule has 0 unspecified atom stereocenters. The summed E-state index contributed by atoms with van der Waals surface area (Å²) in [6.07, 6.45) is 0. The number of tetrazole rings is 1. The lowest BCUT2D eigenvalue weighted by molar-refractivity contribution is -0.122. The quantitative estimate of drug-likeness (QED) is 0.727. The molecule has 2 aromatic carbocycles. The standard InChI is InChI=1S/C16H13BrFN5O/c17-13-5-3-12(4-6-13)16-20-22-23(21-16)10-15(24)19-9-11-1-7-14(18)8-2-11/h1-8H,9-10H2,(H,19,24). The Balaban J connectivity index is 1.57. The number of aromatic nitrogens is 4. The first-order valence-electron chi connectivity index (χ1n) is 7.15. The average Bonchev–Trinajstić information content (AvgIpc) is 3.03. The number of nitrogens with zero attached hydrogens (tertiary/aromatic N) is 4. The second-order valence-corrected chi connectivity index (χ2v) is 5.97. The van der Waals surface area contributed by atoms with Crippen LogP contribution in [0.1, 0.15) is 5.56 Å². The zero-order valence-corrected chi connectivity index (χ0v) is 14.1. The van der Waals surface area contributed by atoms with Gasteiger partial charge in [0.2, 0.25) is 11.7 Å². The number of carbonyl (C=O) groups excluding carboxylic acids is 1. The zero-order chi connectivity index (χ0) is 16.9. The summed E-state index contributed by atoms with van der Waals surface area (Å²) in [5.74, 6) is -0.106. The second kappa shape index (κ2) is 7.31. The Morgan fingerprint density at radius 2 is 1.83 bits per heavy atom. The van der Waals surface area contributed by atoms with E-state index in [0.717, 1.165) is 15.6 Å². The Kier molecular flexibility index (Phi) is 4.95. The van der Waals surface area contributed by atoms with E-state index in [0.29, 0.717) is 12.4 Å². The van der Waals surface area contributed by atoms with Crippen LogP contribution >= 0.6 is 15.9 Å². The van der Waals surface area contributed by atoms with Crippen molar-refractivity contribution < 1.29 is 9.18 Å². The van der Waals surface area contributed by atoms with E-state index in [-0.39, 0.29) is 18.3 Å². The maximum absolute atomic E-state index is 12.8. The first-order chi connectivity index (χ1) is 11.6. The molecule has 0 saturated carbocycles. The van der Waals surface area contributed by atoms with E-state index >= 15 is 0 Å². The molecule has 8 heteroatoms. The molecule has 1 amide bonds. The fourth-order valence-electron chi connectivity index (χ4n) is 2.01. The Morgan fingerprint density at radius 1 is 1.12 bits per heavy atom. The van der Waals surface area contributed by atoms with Gasteiger partial charge in [-0.2, -0.15) is 4.80 Å². The van der Waals surface area contributed by atoms with Gasteiger partial charge in [0.15, 0.2) is 0 Å². The Morgan fingerprint density at radius 3 is 2.54 bits per heavy atom. The number of rotatable bonds is 5. The monoisotopic (exact) mass is 389 g/mol. The number of nitrogens with one attached hydrogen (secondary N) is 1. The van der Waals surface area contributed by atoms with E-state index in [1.54, 1.807) is 12.1 Å². The fraction of sp³-hybridized carbons (Fsp3) is 0.125. The van der Waals surface area contributed by atoms with Gasteiger partial charge in [-0.05, 0) is 47.2 Å². The number of hydrogen-bond acceptors (Lipinski definition) is 4. The van der Waals surface area contributed by atoms with Crippen LogP contribution in [-0.2, 0) is 17.9 Å². The van der Waals surface area contributed by atoms with Crippen LogP contribution < -0.4 is 5.32 Å². The highest BCUT2D eigenvalue weighted by atomic mass is 79.9. The molecule has 1 aromatic heterocycles. The molecule has 0 bridgehead atoms. The molecule has 0 spiro atoms. The molecule has 0 fully saturated rings. The molecule has 6 nitrogen and oxygen atoms in total. The lowest BCUT2D eigenvalue weighted by Gasteiger charge is -2.04. The molecule has 0 radical (unpaired) electrons. The summed E-state index contributed by atoms with van der Waals surface area (Å²) in [4.78, 5) is 13.2. The normalized spacial score (nSPS) is 10.6. The number of carbonyl (C=O) groups is 1. The molecule has 0 aliphatic carbocycles. The van der Waals surface area contributed by atoms with Gasteiger partial charge in [0.25, 0.3) is 0 Å². The summed E-state index contributed by atoms with van der Waals surface area (Å²) >= 11 is 3.36. The van der Waals surface area contributed by atoms with Gasteiger partial charge in [-0.3, -0.25) is 4.79 Å². The predicted octanol–water partition coefficient (Wildman–Crippen LogP) is 2.56. The van der Waals surface area contributed by atoms with Crippen LogP contribution in [0.5, 0.6) is 0 Å². The van der Waals surface area contributed by atoms with Crippen LogP contribution in [0.25, 0.3) is 11.4 Å². The van der Waals surface area contributed by atoms with Gasteiger partial charge >= 0.3 is 0 Å². The van der Waals surface area contributed by atoms with Crippen LogP contribution in [0, 0.1) is 5.82 Å². The molecule has 0 saturated heterocycles. The van der Waals surface area contributed by atoms with Crippen LogP contribution in [0.3, 0.4) is 0 Å². The molecule has 24 heavy (non-hydrogen) atoms. The van der Waals surface area contributed by atoms with Gasteiger partial charge < -0.3 is 5.32 Å². The number of hydrogen-bond donors (Lipinski definition) is 1. The van der Waals surface area contributed by atoms with E-state index in [4.69, 9.17) is 0 Å². The summed E-state index contributed by atoms with van der Waals surface area (Å²) in [6, 6.07) is 13.4. The SMILES string of the molecule is O=C(Cn1nnc(-c2ccc(Br)cc2)n1)NCc1ccc(F)cc1. The van der Waals surface area contributed by atoms with Crippen molar-refractivity contribution in [3.05, 3.63) is 64.4 Å². The Bertz CT molecular complexity index is 832. The summed E-state index contributed by atoms with van der Waals surface area (Å²) in [6.45, 7) is 0.276. The summed E-state index contributed by atoms with van der Waals surface area (Å²) in [7, 11) is 0. The molecule has 0 aliphatic heterocycles. The molecule has 122 valence electrons. The van der Waals surface area contributed by atoms with Crippen molar-refractivity contribution in [2.45, 2.75) is 13.1 Å². The van der Waals surface area contributed by atoms with E-state index in [1.807, 2.05) is 24.3 Å². The molecule has 3 rings (SSSR count). The maximum Gasteiger partial charge on any atom is 0.243 e. The van der Waals surface area contributed by atoms with Gasteiger partial charge in [0.05, 0.1) is 0 Å². The number of benzene rings is 2. The highest BCUT2D eigenvalue weighted by Crippen LogP contribution is 2.17. The predicted molar refractivity (Wildman–Crippen MR) is 89.2 cm³/mol. The van der Waals surface area contributed by atoms with Crippen LogP contribution in [-0.4, -0.2) is 26.1 Å². The van der Waals surface area contributed by atoms with Crippen molar-refractivity contribution >= 4 is 21.8 Å². The average molecular weight is 390 g/mol. The van der Waals surface area contributed by atoms with Crippen molar-refractivity contribution in [3.8, 4) is 11.4 Å². The van der Waals surface area contributed by atoms with E-state index < -0.39 is 0 Å². The third kappa shape index (κ3) is 4.23. The Labute approximate surface area is 145 Å². The van der Waals surface area contributed by atoms with Gasteiger partial charge in [0, 0.05) is 16.6 Å². The molecular formula is C16H13BrFN5O. The Hall–Kier alpha value is -2.61. The first-order valence-corrected chi connectivity index (χ1v) is 7.94. The van der Waals surface area contributed by atoms with Crippen molar-refractivity contribution in [2.24, 2.45) is 0 Å². The second-order valence-electron chi connectivity index (χ2n) is 5.05. The van der Waals surface area contributed by atoms with Gasteiger partial charge in [-0.25, -0.2) is 4.39 Å². The van der Waals surface area contributed by atoms with Crippen molar-refractivity contribution in [1.82, 2.24) is 25.5 Å². The van der Waals surface area contributed by atoms with E-state index in [1.165, 1.54) is 16.9 Å². The number of amides is 1. The van der Waals surface area contributed by atoms with Crippen LogP contribution in [0.15, 0.2) is 53.0 Å². The van der Waals surface area contributed by atoms with Crippen LogP contribution in [0.2, 0.25) is 0 Å². The van der Waals surface area contributed by atoms with Crippen molar-refractivity contribution in [1.29, 1.82) is 0 Å². The molecule has 1 heterocycles. The summed E-state index contributed by atoms with van der Waals surface area (Å²) in [5.41, 5.74) is 1.63. The van der Waals surface area contributed by atoms with Crippen molar-refractivity contribution in [2.75, 3.05) is 0 Å². The lowest BCUT2D eigenvalue weighted by atomic mass is 10.2. The molecule has 3 aromatic rings.